The van der Waals surface area contributed by atoms with Gasteiger partial charge < -0.3 is 10.2 Å². The molecule has 0 atom stereocenters. The molecule has 0 spiro atoms. The number of nitrogens with zero attached hydrogens (tertiary/aromatic N) is 3. The topological polar surface area (TPSA) is 40.5 Å². The number of rotatable bonds is 3. The van der Waals surface area contributed by atoms with Crippen LogP contribution in [-0.4, -0.2) is 36.0 Å². The molecule has 20 heavy (non-hydrogen) atoms. The molecule has 1 aromatic carbocycles. The van der Waals surface area contributed by atoms with Crippen LogP contribution in [0.4, 0.5) is 0 Å². The van der Waals surface area contributed by atoms with Gasteiger partial charge in [-0.15, -0.1) is 11.3 Å². The number of aliphatic imine (C=N–C) groups is 1. The summed E-state index contributed by atoms with van der Waals surface area (Å²) in [5.74, 6) is 0.985. The maximum atomic E-state index is 4.67. The van der Waals surface area contributed by atoms with E-state index in [0.29, 0.717) is 0 Å². The lowest BCUT2D eigenvalue weighted by Crippen LogP contribution is -2.35. The van der Waals surface area contributed by atoms with Crippen LogP contribution in [0.1, 0.15) is 10.6 Å². The first-order valence-electron chi connectivity index (χ1n) is 6.75. The van der Waals surface area contributed by atoms with Gasteiger partial charge in [-0.1, -0.05) is 30.3 Å². The average Bonchev–Trinajstić information content (AvgIpc) is 3.04. The van der Waals surface area contributed by atoms with Gasteiger partial charge in [-0.3, -0.25) is 4.99 Å². The number of aryl methyl sites for hydroxylation is 1. The second-order valence-electron chi connectivity index (χ2n) is 4.87. The lowest BCUT2D eigenvalue weighted by atomic mass is 10.2. The molecule has 0 radical (unpaired) electrons. The molecule has 0 bridgehead atoms. The number of nitrogens with one attached hydrogen (secondary N) is 1. The van der Waals surface area contributed by atoms with Crippen molar-refractivity contribution < 1.29 is 0 Å². The van der Waals surface area contributed by atoms with Crippen LogP contribution in [-0.2, 0) is 6.54 Å². The predicted octanol–water partition coefficient (Wildman–Crippen LogP) is 2.51. The van der Waals surface area contributed by atoms with E-state index in [4.69, 9.17) is 0 Å². The fourth-order valence-electron chi connectivity index (χ4n) is 2.18. The average molecular weight is 286 g/mol. The molecule has 0 aliphatic carbocycles. The first-order valence-corrected chi connectivity index (χ1v) is 7.57. The molecule has 2 heterocycles. The minimum absolute atomic E-state index is 0.791. The number of likely N-dealkylation sites (N-methyl/N-ethyl adjacent to an activating group) is 1. The van der Waals surface area contributed by atoms with E-state index in [1.165, 1.54) is 10.4 Å². The fourth-order valence-corrected chi connectivity index (χ4v) is 3.19. The Morgan fingerprint density at radius 2 is 2.10 bits per heavy atom. The minimum atomic E-state index is 0.791. The molecule has 0 saturated heterocycles. The summed E-state index contributed by atoms with van der Waals surface area (Å²) < 4.78 is 0. The number of aromatic nitrogens is 1. The van der Waals surface area contributed by atoms with Crippen LogP contribution in [0.2, 0.25) is 0 Å². The van der Waals surface area contributed by atoms with E-state index in [9.17, 15) is 0 Å². The van der Waals surface area contributed by atoms with Gasteiger partial charge in [0.15, 0.2) is 5.96 Å². The third-order valence-electron chi connectivity index (χ3n) is 3.38. The number of hydrogen-bond donors (Lipinski definition) is 1. The Morgan fingerprint density at radius 1 is 1.30 bits per heavy atom. The molecule has 2 aromatic rings. The highest BCUT2D eigenvalue weighted by atomic mass is 32.1. The molecular weight excluding hydrogens is 268 g/mol. The number of guanidine groups is 1. The van der Waals surface area contributed by atoms with Crippen molar-refractivity contribution in [3.8, 4) is 10.6 Å². The number of hydrogen-bond acceptors (Lipinski definition) is 5. The summed E-state index contributed by atoms with van der Waals surface area (Å²) in [6, 6.07) is 10.3. The molecule has 5 heteroatoms. The number of benzene rings is 1. The zero-order chi connectivity index (χ0) is 13.9. The van der Waals surface area contributed by atoms with Gasteiger partial charge in [0.2, 0.25) is 0 Å². The van der Waals surface area contributed by atoms with Crippen LogP contribution in [0.3, 0.4) is 0 Å². The Morgan fingerprint density at radius 3 is 2.80 bits per heavy atom. The first-order chi connectivity index (χ1) is 9.74. The Kier molecular flexibility index (Phi) is 3.69. The molecule has 0 unspecified atom stereocenters. The lowest BCUT2D eigenvalue weighted by Gasteiger charge is -2.14. The Balaban J connectivity index is 1.73. The van der Waals surface area contributed by atoms with Crippen molar-refractivity contribution >= 4 is 17.3 Å². The van der Waals surface area contributed by atoms with Crippen molar-refractivity contribution in [2.24, 2.45) is 4.99 Å². The van der Waals surface area contributed by atoms with Gasteiger partial charge in [-0.25, -0.2) is 4.98 Å². The minimum Gasteiger partial charge on any atom is -0.351 e. The third kappa shape index (κ3) is 2.67. The quantitative estimate of drug-likeness (QED) is 0.942. The van der Waals surface area contributed by atoms with E-state index in [1.54, 1.807) is 11.3 Å². The van der Waals surface area contributed by atoms with Gasteiger partial charge in [-0.05, 0) is 6.92 Å². The van der Waals surface area contributed by atoms with Crippen LogP contribution >= 0.6 is 11.3 Å². The molecule has 4 nitrogen and oxygen atoms in total. The maximum Gasteiger partial charge on any atom is 0.194 e. The summed E-state index contributed by atoms with van der Waals surface area (Å²) in [7, 11) is 2.06. The van der Waals surface area contributed by atoms with Gasteiger partial charge in [-0.2, -0.15) is 0 Å². The van der Waals surface area contributed by atoms with Crippen molar-refractivity contribution in [3.05, 3.63) is 40.9 Å². The highest BCUT2D eigenvalue weighted by molar-refractivity contribution is 7.15. The van der Waals surface area contributed by atoms with Crippen LogP contribution in [0.15, 0.2) is 35.3 Å². The van der Waals surface area contributed by atoms with Gasteiger partial charge >= 0.3 is 0 Å². The smallest absolute Gasteiger partial charge is 0.194 e. The molecule has 1 aromatic heterocycles. The van der Waals surface area contributed by atoms with E-state index in [0.717, 1.165) is 36.3 Å². The highest BCUT2D eigenvalue weighted by Gasteiger charge is 2.14. The molecule has 1 N–H and O–H groups in total. The maximum absolute atomic E-state index is 4.67. The summed E-state index contributed by atoms with van der Waals surface area (Å²) in [4.78, 5) is 12.5. The third-order valence-corrected chi connectivity index (χ3v) is 4.59. The monoisotopic (exact) mass is 286 g/mol. The Labute approximate surface area is 123 Å². The van der Waals surface area contributed by atoms with Gasteiger partial charge in [0.05, 0.1) is 18.8 Å². The molecule has 0 amide bonds. The van der Waals surface area contributed by atoms with E-state index in [2.05, 4.69) is 46.3 Å². The van der Waals surface area contributed by atoms with Gasteiger partial charge in [0.1, 0.15) is 5.01 Å². The van der Waals surface area contributed by atoms with Crippen molar-refractivity contribution in [1.29, 1.82) is 0 Å². The molecular formula is C15H18N4S. The second kappa shape index (κ2) is 5.63. The highest BCUT2D eigenvalue weighted by Crippen LogP contribution is 2.27. The Hall–Kier alpha value is -1.88. The van der Waals surface area contributed by atoms with Crippen LogP contribution in [0.5, 0.6) is 0 Å². The summed E-state index contributed by atoms with van der Waals surface area (Å²) in [6.07, 6.45) is 0. The molecule has 104 valence electrons. The molecule has 3 rings (SSSR count). The van der Waals surface area contributed by atoms with Crippen molar-refractivity contribution in [1.82, 2.24) is 15.2 Å². The molecule has 0 fully saturated rings. The zero-order valence-corrected chi connectivity index (χ0v) is 12.6. The van der Waals surface area contributed by atoms with Gasteiger partial charge in [0.25, 0.3) is 0 Å². The second-order valence-corrected chi connectivity index (χ2v) is 5.96. The zero-order valence-electron chi connectivity index (χ0n) is 11.8. The number of thiazole rings is 1. The normalized spacial score (nSPS) is 14.5. The van der Waals surface area contributed by atoms with E-state index >= 15 is 0 Å². The largest absolute Gasteiger partial charge is 0.351 e. The molecule has 0 saturated carbocycles. The fraction of sp³-hybridized carbons (Fsp3) is 0.333. The van der Waals surface area contributed by atoms with Crippen molar-refractivity contribution in [2.45, 2.75) is 13.5 Å². The van der Waals surface area contributed by atoms with Crippen LogP contribution in [0, 0.1) is 6.92 Å². The van der Waals surface area contributed by atoms with Crippen molar-refractivity contribution in [3.63, 3.8) is 0 Å². The SMILES string of the molecule is Cc1nc(-c2ccccc2)sc1CNC1=NCCN1C. The van der Waals surface area contributed by atoms with E-state index < -0.39 is 0 Å². The van der Waals surface area contributed by atoms with Crippen molar-refractivity contribution in [2.75, 3.05) is 20.1 Å². The van der Waals surface area contributed by atoms with E-state index in [1.807, 2.05) is 18.2 Å². The van der Waals surface area contributed by atoms with E-state index in [-0.39, 0.29) is 0 Å². The summed E-state index contributed by atoms with van der Waals surface area (Å²) in [5.41, 5.74) is 2.28. The van der Waals surface area contributed by atoms with Crippen LogP contribution in [0.25, 0.3) is 10.6 Å². The predicted molar refractivity (Wildman–Crippen MR) is 84.1 cm³/mol. The summed E-state index contributed by atoms with van der Waals surface area (Å²) in [5, 5.41) is 4.48. The Bertz CT molecular complexity index is 618. The van der Waals surface area contributed by atoms with Crippen LogP contribution < -0.4 is 5.32 Å². The molecule has 1 aliphatic rings. The molecule has 1 aliphatic heterocycles. The standard InChI is InChI=1S/C15H18N4S/c1-11-13(10-17-15-16-8-9-19(15)2)20-14(18-11)12-6-4-3-5-7-12/h3-7H,8-10H2,1-2H3,(H,16,17). The summed E-state index contributed by atoms with van der Waals surface area (Å²) >= 11 is 1.75. The van der Waals surface area contributed by atoms with Gasteiger partial charge in [0, 0.05) is 24.0 Å². The first kappa shape index (κ1) is 13.1. The lowest BCUT2D eigenvalue weighted by molar-refractivity contribution is 0.534. The summed E-state index contributed by atoms with van der Waals surface area (Å²) in [6.45, 7) is 4.74.